The fourth-order valence-corrected chi connectivity index (χ4v) is 2.11. The quantitative estimate of drug-likeness (QED) is 0.837. The monoisotopic (exact) mass is 215 g/mol. The molecule has 1 rings (SSSR count). The van der Waals surface area contributed by atoms with Crippen LogP contribution in [0.3, 0.4) is 0 Å². The van der Waals surface area contributed by atoms with Gasteiger partial charge in [-0.05, 0) is 27.7 Å². The highest BCUT2D eigenvalue weighted by Crippen LogP contribution is 2.24. The van der Waals surface area contributed by atoms with Gasteiger partial charge in [0.1, 0.15) is 6.10 Å². The van der Waals surface area contributed by atoms with Crippen LogP contribution in [-0.2, 0) is 4.74 Å². The van der Waals surface area contributed by atoms with E-state index in [4.69, 9.17) is 4.74 Å². The van der Waals surface area contributed by atoms with Gasteiger partial charge >= 0.3 is 0 Å². The Morgan fingerprint density at radius 1 is 1.43 bits per heavy atom. The van der Waals surface area contributed by atoms with Crippen LogP contribution in [0.25, 0.3) is 0 Å². The second-order valence-electron chi connectivity index (χ2n) is 3.58. The van der Waals surface area contributed by atoms with E-state index in [2.05, 4.69) is 4.98 Å². The molecule has 0 aromatic carbocycles. The van der Waals surface area contributed by atoms with Crippen LogP contribution in [0.1, 0.15) is 35.5 Å². The maximum atomic E-state index is 9.81. The van der Waals surface area contributed by atoms with Crippen molar-refractivity contribution in [2.45, 2.75) is 39.9 Å². The minimum Gasteiger partial charge on any atom is -0.385 e. The standard InChI is InChI=1S/C10H17NO2S/c1-6(2)13-5-9(12)10-7(3)11-8(4)14-10/h6,9,12H,5H2,1-4H3. The lowest BCUT2D eigenvalue weighted by Gasteiger charge is -2.12. The first kappa shape index (κ1) is 11.6. The highest BCUT2D eigenvalue weighted by Gasteiger charge is 2.15. The van der Waals surface area contributed by atoms with E-state index in [1.807, 2.05) is 27.7 Å². The van der Waals surface area contributed by atoms with Crippen LogP contribution in [0.2, 0.25) is 0 Å². The summed E-state index contributed by atoms with van der Waals surface area (Å²) in [5.74, 6) is 0. The smallest absolute Gasteiger partial charge is 0.113 e. The number of aromatic nitrogens is 1. The molecule has 0 radical (unpaired) electrons. The molecule has 0 bridgehead atoms. The van der Waals surface area contributed by atoms with Crippen molar-refractivity contribution in [2.75, 3.05) is 6.61 Å². The summed E-state index contributed by atoms with van der Waals surface area (Å²) in [7, 11) is 0. The van der Waals surface area contributed by atoms with Gasteiger partial charge in [0.2, 0.25) is 0 Å². The van der Waals surface area contributed by atoms with E-state index in [0.717, 1.165) is 15.6 Å². The molecular formula is C10H17NO2S. The third-order valence-electron chi connectivity index (χ3n) is 1.83. The minimum absolute atomic E-state index is 0.152. The number of aliphatic hydroxyl groups excluding tert-OH is 1. The molecule has 0 saturated heterocycles. The fourth-order valence-electron chi connectivity index (χ4n) is 1.22. The third kappa shape index (κ3) is 3.04. The zero-order chi connectivity index (χ0) is 10.7. The van der Waals surface area contributed by atoms with Gasteiger partial charge in [-0.1, -0.05) is 0 Å². The van der Waals surface area contributed by atoms with E-state index in [1.165, 1.54) is 11.3 Å². The van der Waals surface area contributed by atoms with Crippen LogP contribution in [0.15, 0.2) is 0 Å². The molecule has 1 atom stereocenters. The normalized spacial score (nSPS) is 13.6. The average molecular weight is 215 g/mol. The highest BCUT2D eigenvalue weighted by atomic mass is 32.1. The second kappa shape index (κ2) is 4.87. The van der Waals surface area contributed by atoms with Gasteiger partial charge in [0, 0.05) is 0 Å². The van der Waals surface area contributed by atoms with Gasteiger partial charge in [0.05, 0.1) is 28.3 Å². The number of thiazole rings is 1. The lowest BCUT2D eigenvalue weighted by molar-refractivity contribution is 0.00603. The molecule has 0 aliphatic carbocycles. The number of aryl methyl sites for hydroxylation is 2. The van der Waals surface area contributed by atoms with Gasteiger partial charge in [-0.2, -0.15) is 0 Å². The molecule has 3 nitrogen and oxygen atoms in total. The number of hydrogen-bond acceptors (Lipinski definition) is 4. The van der Waals surface area contributed by atoms with Crippen LogP contribution in [0.4, 0.5) is 0 Å². The van der Waals surface area contributed by atoms with Gasteiger partial charge in [-0.25, -0.2) is 4.98 Å². The lowest BCUT2D eigenvalue weighted by atomic mass is 10.2. The molecule has 0 aliphatic rings. The summed E-state index contributed by atoms with van der Waals surface area (Å²) in [6, 6.07) is 0. The van der Waals surface area contributed by atoms with E-state index < -0.39 is 6.10 Å². The first-order chi connectivity index (χ1) is 6.50. The topological polar surface area (TPSA) is 42.4 Å². The summed E-state index contributed by atoms with van der Waals surface area (Å²) < 4.78 is 5.35. The van der Waals surface area contributed by atoms with Crippen molar-refractivity contribution in [3.63, 3.8) is 0 Å². The van der Waals surface area contributed by atoms with Crippen molar-refractivity contribution < 1.29 is 9.84 Å². The van der Waals surface area contributed by atoms with E-state index in [1.54, 1.807) is 0 Å². The first-order valence-electron chi connectivity index (χ1n) is 4.74. The van der Waals surface area contributed by atoms with E-state index in [-0.39, 0.29) is 6.10 Å². The summed E-state index contributed by atoms with van der Waals surface area (Å²) in [4.78, 5) is 5.18. The van der Waals surface area contributed by atoms with Crippen molar-refractivity contribution in [1.29, 1.82) is 0 Å². The number of rotatable bonds is 4. The summed E-state index contributed by atoms with van der Waals surface area (Å²) in [6.45, 7) is 8.11. The van der Waals surface area contributed by atoms with E-state index >= 15 is 0 Å². The van der Waals surface area contributed by atoms with E-state index in [9.17, 15) is 5.11 Å². The van der Waals surface area contributed by atoms with Gasteiger partial charge < -0.3 is 9.84 Å². The third-order valence-corrected chi connectivity index (χ3v) is 3.00. The predicted octanol–water partition coefficient (Wildman–Crippen LogP) is 2.22. The zero-order valence-electron chi connectivity index (χ0n) is 9.07. The van der Waals surface area contributed by atoms with Crippen molar-refractivity contribution in [2.24, 2.45) is 0 Å². The van der Waals surface area contributed by atoms with Crippen LogP contribution in [-0.4, -0.2) is 22.8 Å². The Morgan fingerprint density at radius 3 is 2.50 bits per heavy atom. The predicted molar refractivity (Wildman–Crippen MR) is 57.6 cm³/mol. The Balaban J connectivity index is 2.60. The molecule has 0 saturated carbocycles. The molecule has 4 heteroatoms. The Labute approximate surface area is 88.8 Å². The van der Waals surface area contributed by atoms with Crippen molar-refractivity contribution >= 4 is 11.3 Å². The number of hydrogen-bond donors (Lipinski definition) is 1. The Morgan fingerprint density at radius 2 is 2.07 bits per heavy atom. The molecule has 14 heavy (non-hydrogen) atoms. The molecule has 1 aromatic heterocycles. The largest absolute Gasteiger partial charge is 0.385 e. The summed E-state index contributed by atoms with van der Waals surface area (Å²) in [5, 5.41) is 10.8. The molecule has 1 aromatic rings. The number of ether oxygens (including phenoxy) is 1. The van der Waals surface area contributed by atoms with Gasteiger partial charge in [0.15, 0.2) is 0 Å². The Bertz CT molecular complexity index is 296. The van der Waals surface area contributed by atoms with Crippen molar-refractivity contribution in [1.82, 2.24) is 4.98 Å². The molecule has 0 amide bonds. The van der Waals surface area contributed by atoms with Crippen LogP contribution in [0.5, 0.6) is 0 Å². The number of nitrogens with zero attached hydrogens (tertiary/aromatic N) is 1. The van der Waals surface area contributed by atoms with Gasteiger partial charge in [0.25, 0.3) is 0 Å². The van der Waals surface area contributed by atoms with Gasteiger partial charge in [-0.15, -0.1) is 11.3 Å². The Kier molecular flexibility index (Phi) is 4.04. The molecule has 1 N–H and O–H groups in total. The molecule has 0 spiro atoms. The highest BCUT2D eigenvalue weighted by molar-refractivity contribution is 7.11. The minimum atomic E-state index is -0.538. The molecule has 1 heterocycles. The van der Waals surface area contributed by atoms with Crippen LogP contribution < -0.4 is 0 Å². The maximum absolute atomic E-state index is 9.81. The van der Waals surface area contributed by atoms with Crippen LogP contribution in [0, 0.1) is 13.8 Å². The number of aliphatic hydroxyl groups is 1. The van der Waals surface area contributed by atoms with Crippen molar-refractivity contribution in [3.05, 3.63) is 15.6 Å². The summed E-state index contributed by atoms with van der Waals surface area (Å²) in [5.41, 5.74) is 0.910. The molecule has 80 valence electrons. The summed E-state index contributed by atoms with van der Waals surface area (Å²) in [6.07, 6.45) is -0.387. The maximum Gasteiger partial charge on any atom is 0.113 e. The molecule has 1 unspecified atom stereocenters. The molecule has 0 aliphatic heterocycles. The second-order valence-corrected chi connectivity index (χ2v) is 4.82. The Hall–Kier alpha value is -0.450. The lowest BCUT2D eigenvalue weighted by Crippen LogP contribution is -2.11. The van der Waals surface area contributed by atoms with Crippen LogP contribution >= 0.6 is 11.3 Å². The average Bonchev–Trinajstić information content (AvgIpc) is 2.41. The molecule has 0 fully saturated rings. The molecular weight excluding hydrogens is 198 g/mol. The first-order valence-corrected chi connectivity index (χ1v) is 5.56. The summed E-state index contributed by atoms with van der Waals surface area (Å²) >= 11 is 1.53. The fraction of sp³-hybridized carbons (Fsp3) is 0.700. The van der Waals surface area contributed by atoms with E-state index in [0.29, 0.717) is 6.61 Å². The van der Waals surface area contributed by atoms with Gasteiger partial charge in [-0.3, -0.25) is 0 Å². The SMILES string of the molecule is Cc1nc(C)c(C(O)COC(C)C)s1. The zero-order valence-corrected chi connectivity index (χ0v) is 9.89. The van der Waals surface area contributed by atoms with Crippen molar-refractivity contribution in [3.8, 4) is 0 Å².